The molecular formula is C22H28N2O3. The van der Waals surface area contributed by atoms with Gasteiger partial charge < -0.3 is 15.4 Å². The van der Waals surface area contributed by atoms with E-state index in [9.17, 15) is 9.59 Å². The van der Waals surface area contributed by atoms with E-state index < -0.39 is 6.04 Å². The summed E-state index contributed by atoms with van der Waals surface area (Å²) in [5, 5.41) is 5.84. The Balaban J connectivity index is 2.03. The molecule has 2 amide bonds. The molecule has 144 valence electrons. The van der Waals surface area contributed by atoms with Crippen LogP contribution in [0.15, 0.2) is 54.6 Å². The Kier molecular flexibility index (Phi) is 7.41. The van der Waals surface area contributed by atoms with Crippen molar-refractivity contribution >= 4 is 11.8 Å². The average molecular weight is 368 g/mol. The van der Waals surface area contributed by atoms with Crippen molar-refractivity contribution in [2.45, 2.75) is 39.8 Å². The summed E-state index contributed by atoms with van der Waals surface area (Å²) in [4.78, 5) is 25.3. The molecule has 0 radical (unpaired) electrons. The first-order chi connectivity index (χ1) is 12.9. The lowest BCUT2D eigenvalue weighted by Crippen LogP contribution is -2.50. The fourth-order valence-corrected chi connectivity index (χ4v) is 2.76. The third-order valence-corrected chi connectivity index (χ3v) is 4.32. The zero-order chi connectivity index (χ0) is 19.8. The first kappa shape index (κ1) is 20.5. The van der Waals surface area contributed by atoms with E-state index in [-0.39, 0.29) is 23.8 Å². The van der Waals surface area contributed by atoms with E-state index in [0.29, 0.717) is 17.9 Å². The molecule has 0 aliphatic heterocycles. The molecule has 0 bridgehead atoms. The first-order valence-electron chi connectivity index (χ1n) is 9.31. The maximum Gasteiger partial charge on any atom is 0.251 e. The minimum absolute atomic E-state index is 0.0420. The lowest BCUT2D eigenvalue weighted by Gasteiger charge is -2.24. The second-order valence-corrected chi connectivity index (χ2v) is 6.79. The molecule has 0 spiro atoms. The van der Waals surface area contributed by atoms with Crippen LogP contribution in [-0.4, -0.2) is 24.5 Å². The molecule has 2 atom stereocenters. The Labute approximate surface area is 161 Å². The van der Waals surface area contributed by atoms with Gasteiger partial charge in [0.1, 0.15) is 11.8 Å². The van der Waals surface area contributed by atoms with Crippen molar-refractivity contribution in [3.63, 3.8) is 0 Å². The highest BCUT2D eigenvalue weighted by Gasteiger charge is 2.26. The van der Waals surface area contributed by atoms with Gasteiger partial charge in [-0.05, 0) is 49.6 Å². The number of ether oxygens (including phenoxy) is 1. The quantitative estimate of drug-likeness (QED) is 0.746. The predicted octanol–water partition coefficient (Wildman–Crippen LogP) is 3.72. The van der Waals surface area contributed by atoms with Gasteiger partial charge in [-0.1, -0.05) is 44.2 Å². The Morgan fingerprint density at radius 3 is 2.11 bits per heavy atom. The normalized spacial score (nSPS) is 12.9. The molecule has 0 fully saturated rings. The number of amides is 2. The summed E-state index contributed by atoms with van der Waals surface area (Å²) in [6, 6.07) is 15.9. The molecule has 27 heavy (non-hydrogen) atoms. The van der Waals surface area contributed by atoms with Crippen molar-refractivity contribution in [3.05, 3.63) is 65.7 Å². The molecule has 0 aliphatic rings. The van der Waals surface area contributed by atoms with Gasteiger partial charge in [-0.15, -0.1) is 0 Å². The van der Waals surface area contributed by atoms with E-state index in [1.165, 1.54) is 0 Å². The lowest BCUT2D eigenvalue weighted by molar-refractivity contribution is -0.124. The lowest BCUT2D eigenvalue weighted by atomic mass is 10.0. The zero-order valence-electron chi connectivity index (χ0n) is 16.4. The summed E-state index contributed by atoms with van der Waals surface area (Å²) in [7, 11) is 0. The average Bonchev–Trinajstić information content (AvgIpc) is 2.67. The molecule has 0 aliphatic carbocycles. The number of hydrogen-bond acceptors (Lipinski definition) is 3. The minimum atomic E-state index is -0.616. The van der Waals surface area contributed by atoms with Crippen LogP contribution in [0, 0.1) is 5.92 Å². The van der Waals surface area contributed by atoms with Crippen molar-refractivity contribution in [2.75, 3.05) is 6.61 Å². The van der Waals surface area contributed by atoms with Crippen LogP contribution in [0.3, 0.4) is 0 Å². The highest BCUT2D eigenvalue weighted by molar-refractivity contribution is 5.97. The van der Waals surface area contributed by atoms with Gasteiger partial charge in [-0.25, -0.2) is 0 Å². The Morgan fingerprint density at radius 2 is 1.56 bits per heavy atom. The Bertz CT molecular complexity index is 742. The van der Waals surface area contributed by atoms with Crippen LogP contribution >= 0.6 is 0 Å². The summed E-state index contributed by atoms with van der Waals surface area (Å²) >= 11 is 0. The third kappa shape index (κ3) is 5.84. The number of nitrogens with one attached hydrogen (secondary N) is 2. The first-order valence-corrected chi connectivity index (χ1v) is 9.31. The van der Waals surface area contributed by atoms with E-state index in [0.717, 1.165) is 5.56 Å². The molecule has 2 rings (SSSR count). The molecule has 0 heterocycles. The van der Waals surface area contributed by atoms with Gasteiger partial charge in [0.15, 0.2) is 0 Å². The fourth-order valence-electron chi connectivity index (χ4n) is 2.76. The standard InChI is InChI=1S/C22H28N2O3/c1-5-27-19-13-11-18(12-14-19)21(25)24-20(15(2)3)22(26)23-16(4)17-9-7-6-8-10-17/h6-16,20H,5H2,1-4H3,(H,23,26)(H,24,25)/t16-,20-/m0/s1. The van der Waals surface area contributed by atoms with E-state index in [2.05, 4.69) is 10.6 Å². The monoisotopic (exact) mass is 368 g/mol. The van der Waals surface area contributed by atoms with Crippen LogP contribution in [-0.2, 0) is 4.79 Å². The van der Waals surface area contributed by atoms with E-state index >= 15 is 0 Å². The van der Waals surface area contributed by atoms with Crippen LogP contribution in [0.2, 0.25) is 0 Å². The molecule has 2 N–H and O–H groups in total. The van der Waals surface area contributed by atoms with Crippen LogP contribution in [0.1, 0.15) is 49.7 Å². The van der Waals surface area contributed by atoms with Gasteiger partial charge in [0, 0.05) is 5.56 Å². The second kappa shape index (κ2) is 9.76. The number of carbonyl (C=O) groups excluding carboxylic acids is 2. The predicted molar refractivity (Wildman–Crippen MR) is 107 cm³/mol. The molecule has 0 saturated carbocycles. The maximum atomic E-state index is 12.7. The van der Waals surface area contributed by atoms with Gasteiger partial charge in [-0.3, -0.25) is 9.59 Å². The zero-order valence-corrected chi connectivity index (χ0v) is 16.4. The van der Waals surface area contributed by atoms with Crippen molar-refractivity contribution in [1.82, 2.24) is 10.6 Å². The highest BCUT2D eigenvalue weighted by atomic mass is 16.5. The third-order valence-electron chi connectivity index (χ3n) is 4.32. The van der Waals surface area contributed by atoms with Gasteiger partial charge in [0.05, 0.1) is 12.6 Å². The minimum Gasteiger partial charge on any atom is -0.494 e. The van der Waals surface area contributed by atoms with Gasteiger partial charge in [-0.2, -0.15) is 0 Å². The largest absolute Gasteiger partial charge is 0.494 e. The van der Waals surface area contributed by atoms with Crippen LogP contribution < -0.4 is 15.4 Å². The summed E-state index contributed by atoms with van der Waals surface area (Å²) < 4.78 is 5.39. The number of rotatable bonds is 8. The molecule has 2 aromatic carbocycles. The molecule has 5 heteroatoms. The fraction of sp³-hybridized carbons (Fsp3) is 0.364. The summed E-state index contributed by atoms with van der Waals surface area (Å²) in [5.74, 6) is 0.198. The van der Waals surface area contributed by atoms with Crippen LogP contribution in [0.5, 0.6) is 5.75 Å². The van der Waals surface area contributed by atoms with Crippen LogP contribution in [0.4, 0.5) is 0 Å². The molecular weight excluding hydrogens is 340 g/mol. The van der Waals surface area contributed by atoms with Crippen LogP contribution in [0.25, 0.3) is 0 Å². The summed E-state index contributed by atoms with van der Waals surface area (Å²) in [6.07, 6.45) is 0. The number of carbonyl (C=O) groups is 2. The highest BCUT2D eigenvalue weighted by Crippen LogP contribution is 2.15. The van der Waals surface area contributed by atoms with Crippen molar-refractivity contribution < 1.29 is 14.3 Å². The van der Waals surface area contributed by atoms with Gasteiger partial charge >= 0.3 is 0 Å². The summed E-state index contributed by atoms with van der Waals surface area (Å²) in [6.45, 7) is 8.23. The van der Waals surface area contributed by atoms with Gasteiger partial charge in [0.2, 0.25) is 5.91 Å². The summed E-state index contributed by atoms with van der Waals surface area (Å²) in [5.41, 5.74) is 1.51. The molecule has 0 aromatic heterocycles. The SMILES string of the molecule is CCOc1ccc(C(=O)N[C@H](C(=O)N[C@@H](C)c2ccccc2)C(C)C)cc1. The van der Waals surface area contributed by atoms with E-state index in [1.807, 2.05) is 58.0 Å². The molecule has 5 nitrogen and oxygen atoms in total. The molecule has 0 saturated heterocycles. The van der Waals surface area contributed by atoms with E-state index in [1.54, 1.807) is 24.3 Å². The Hall–Kier alpha value is -2.82. The van der Waals surface area contributed by atoms with Gasteiger partial charge in [0.25, 0.3) is 5.91 Å². The van der Waals surface area contributed by atoms with E-state index in [4.69, 9.17) is 4.74 Å². The number of hydrogen-bond donors (Lipinski definition) is 2. The van der Waals surface area contributed by atoms with Crippen molar-refractivity contribution in [1.29, 1.82) is 0 Å². The second-order valence-electron chi connectivity index (χ2n) is 6.79. The van der Waals surface area contributed by atoms with Crippen molar-refractivity contribution in [3.8, 4) is 5.75 Å². The molecule has 0 unspecified atom stereocenters. The smallest absolute Gasteiger partial charge is 0.251 e. The van der Waals surface area contributed by atoms with Crippen molar-refractivity contribution in [2.24, 2.45) is 5.92 Å². The maximum absolute atomic E-state index is 12.7. The number of benzene rings is 2. The topological polar surface area (TPSA) is 67.4 Å². The Morgan fingerprint density at radius 1 is 0.926 bits per heavy atom. The molecule has 2 aromatic rings.